The number of sulfonamides is 1. The van der Waals surface area contributed by atoms with Crippen LogP contribution in [0.1, 0.15) is 19.8 Å². The molecule has 1 saturated carbocycles. The molecular formula is C16H20N2O2S. The normalized spacial score (nSPS) is 16.8. The molecule has 0 saturated heterocycles. The Balaban J connectivity index is 1.72. The number of nitrogens with one attached hydrogen (secondary N) is 2. The largest absolute Gasteiger partial charge is 0.313 e. The number of anilines is 1. The SMILES string of the molecule is CC(CNC1CC1)S(=O)(=O)Nc1ccc2ccccc2c1. The predicted octanol–water partition coefficient (Wildman–Crippen LogP) is 2.72. The first-order chi connectivity index (χ1) is 10.0. The molecule has 0 spiro atoms. The summed E-state index contributed by atoms with van der Waals surface area (Å²) in [5, 5.41) is 4.93. The van der Waals surface area contributed by atoms with Gasteiger partial charge in [-0.1, -0.05) is 30.3 Å². The molecule has 0 aliphatic heterocycles. The molecule has 3 rings (SSSR count). The highest BCUT2D eigenvalue weighted by Gasteiger charge is 2.25. The Hall–Kier alpha value is -1.59. The van der Waals surface area contributed by atoms with Crippen LogP contribution < -0.4 is 10.0 Å². The molecule has 0 bridgehead atoms. The van der Waals surface area contributed by atoms with Gasteiger partial charge in [0.1, 0.15) is 0 Å². The lowest BCUT2D eigenvalue weighted by atomic mass is 10.1. The molecule has 2 aromatic rings. The van der Waals surface area contributed by atoms with Crippen LogP contribution in [0.15, 0.2) is 42.5 Å². The first-order valence-electron chi connectivity index (χ1n) is 7.28. The minimum Gasteiger partial charge on any atom is -0.313 e. The van der Waals surface area contributed by atoms with Crippen molar-refractivity contribution in [3.63, 3.8) is 0 Å². The van der Waals surface area contributed by atoms with Gasteiger partial charge in [-0.05, 0) is 42.7 Å². The number of rotatable bonds is 6. The van der Waals surface area contributed by atoms with E-state index >= 15 is 0 Å². The van der Waals surface area contributed by atoms with Crippen molar-refractivity contribution >= 4 is 26.5 Å². The molecule has 2 aromatic carbocycles. The zero-order chi connectivity index (χ0) is 14.9. The lowest BCUT2D eigenvalue weighted by molar-refractivity contribution is 0.576. The van der Waals surface area contributed by atoms with Gasteiger partial charge in [-0.25, -0.2) is 8.42 Å². The lowest BCUT2D eigenvalue weighted by Gasteiger charge is -2.15. The van der Waals surface area contributed by atoms with Gasteiger partial charge in [0.15, 0.2) is 0 Å². The van der Waals surface area contributed by atoms with E-state index in [9.17, 15) is 8.42 Å². The summed E-state index contributed by atoms with van der Waals surface area (Å²) >= 11 is 0. The lowest BCUT2D eigenvalue weighted by Crippen LogP contribution is -2.35. The summed E-state index contributed by atoms with van der Waals surface area (Å²) in [6.45, 7) is 2.23. The number of hydrogen-bond acceptors (Lipinski definition) is 3. The molecule has 0 radical (unpaired) electrons. The quantitative estimate of drug-likeness (QED) is 0.862. The van der Waals surface area contributed by atoms with E-state index in [-0.39, 0.29) is 0 Å². The summed E-state index contributed by atoms with van der Waals surface area (Å²) in [5.74, 6) is 0. The second-order valence-corrected chi connectivity index (χ2v) is 7.80. The van der Waals surface area contributed by atoms with Crippen LogP contribution in [0.4, 0.5) is 5.69 Å². The first-order valence-corrected chi connectivity index (χ1v) is 8.83. The van der Waals surface area contributed by atoms with Crippen LogP contribution in [0.3, 0.4) is 0 Å². The highest BCUT2D eigenvalue weighted by atomic mass is 32.2. The van der Waals surface area contributed by atoms with Crippen LogP contribution in [-0.4, -0.2) is 26.3 Å². The highest BCUT2D eigenvalue weighted by molar-refractivity contribution is 7.93. The fourth-order valence-electron chi connectivity index (χ4n) is 2.25. The summed E-state index contributed by atoms with van der Waals surface area (Å²) in [5.41, 5.74) is 0.618. The van der Waals surface area contributed by atoms with Gasteiger partial charge in [0.2, 0.25) is 10.0 Å². The van der Waals surface area contributed by atoms with Crippen LogP contribution in [0.5, 0.6) is 0 Å². The Labute approximate surface area is 125 Å². The van der Waals surface area contributed by atoms with Crippen molar-refractivity contribution in [3.8, 4) is 0 Å². The number of hydrogen-bond donors (Lipinski definition) is 2. The fraction of sp³-hybridized carbons (Fsp3) is 0.375. The zero-order valence-corrected chi connectivity index (χ0v) is 12.9. The smallest absolute Gasteiger partial charge is 0.236 e. The van der Waals surface area contributed by atoms with Crippen LogP contribution in [0.25, 0.3) is 10.8 Å². The minimum absolute atomic E-state index is 0.454. The molecule has 0 heterocycles. The van der Waals surface area contributed by atoms with E-state index in [0.717, 1.165) is 23.6 Å². The monoisotopic (exact) mass is 304 g/mol. The Morgan fingerprint density at radius 2 is 1.86 bits per heavy atom. The standard InChI is InChI=1S/C16H20N2O2S/c1-12(11-17-15-8-9-15)21(19,20)18-16-7-6-13-4-2-3-5-14(13)10-16/h2-7,10,12,15,17-18H,8-9,11H2,1H3. The highest BCUT2D eigenvalue weighted by Crippen LogP contribution is 2.21. The van der Waals surface area contributed by atoms with Gasteiger partial charge >= 0.3 is 0 Å². The molecule has 1 fully saturated rings. The average Bonchev–Trinajstić information content (AvgIpc) is 3.28. The van der Waals surface area contributed by atoms with E-state index < -0.39 is 15.3 Å². The second kappa shape index (κ2) is 5.66. The van der Waals surface area contributed by atoms with Crippen molar-refractivity contribution in [2.24, 2.45) is 0 Å². The molecule has 4 nitrogen and oxygen atoms in total. The van der Waals surface area contributed by atoms with Gasteiger partial charge in [0, 0.05) is 18.3 Å². The van der Waals surface area contributed by atoms with Crippen molar-refractivity contribution in [3.05, 3.63) is 42.5 Å². The molecule has 0 amide bonds. The van der Waals surface area contributed by atoms with E-state index in [1.54, 1.807) is 13.0 Å². The van der Waals surface area contributed by atoms with Crippen LogP contribution >= 0.6 is 0 Å². The van der Waals surface area contributed by atoms with E-state index in [1.165, 1.54) is 0 Å². The van der Waals surface area contributed by atoms with Crippen molar-refractivity contribution < 1.29 is 8.42 Å². The van der Waals surface area contributed by atoms with E-state index in [2.05, 4.69) is 10.0 Å². The van der Waals surface area contributed by atoms with Crippen molar-refractivity contribution in [2.45, 2.75) is 31.1 Å². The Morgan fingerprint density at radius 3 is 2.57 bits per heavy atom. The maximum Gasteiger partial charge on any atom is 0.236 e. The third-order valence-corrected chi connectivity index (χ3v) is 5.56. The van der Waals surface area contributed by atoms with Gasteiger partial charge in [-0.2, -0.15) is 0 Å². The maximum atomic E-state index is 12.3. The van der Waals surface area contributed by atoms with Crippen LogP contribution in [0, 0.1) is 0 Å². The van der Waals surface area contributed by atoms with Crippen molar-refractivity contribution in [1.29, 1.82) is 0 Å². The molecule has 1 atom stereocenters. The molecular weight excluding hydrogens is 284 g/mol. The van der Waals surface area contributed by atoms with Gasteiger partial charge in [0.25, 0.3) is 0 Å². The number of benzene rings is 2. The molecule has 1 aliphatic rings. The van der Waals surface area contributed by atoms with E-state index in [4.69, 9.17) is 0 Å². The third-order valence-electron chi connectivity index (χ3n) is 3.81. The first kappa shape index (κ1) is 14.4. The Kier molecular flexibility index (Phi) is 3.87. The third kappa shape index (κ3) is 3.54. The minimum atomic E-state index is -3.36. The predicted molar refractivity (Wildman–Crippen MR) is 87.0 cm³/mol. The van der Waals surface area contributed by atoms with Gasteiger partial charge < -0.3 is 5.32 Å². The topological polar surface area (TPSA) is 58.2 Å². The van der Waals surface area contributed by atoms with E-state index in [0.29, 0.717) is 18.3 Å². The summed E-state index contributed by atoms with van der Waals surface area (Å²) < 4.78 is 27.3. The average molecular weight is 304 g/mol. The summed E-state index contributed by atoms with van der Waals surface area (Å²) in [6, 6.07) is 14.0. The Morgan fingerprint density at radius 1 is 1.14 bits per heavy atom. The Bertz CT molecular complexity index is 739. The summed E-state index contributed by atoms with van der Waals surface area (Å²) in [7, 11) is -3.36. The zero-order valence-electron chi connectivity index (χ0n) is 12.0. The molecule has 5 heteroatoms. The van der Waals surface area contributed by atoms with Crippen molar-refractivity contribution in [2.75, 3.05) is 11.3 Å². The van der Waals surface area contributed by atoms with E-state index in [1.807, 2.05) is 36.4 Å². The molecule has 1 unspecified atom stereocenters. The second-order valence-electron chi connectivity index (χ2n) is 5.70. The van der Waals surface area contributed by atoms with Gasteiger partial charge in [0.05, 0.1) is 5.25 Å². The van der Waals surface area contributed by atoms with Crippen LogP contribution in [-0.2, 0) is 10.0 Å². The van der Waals surface area contributed by atoms with Crippen LogP contribution in [0.2, 0.25) is 0 Å². The summed E-state index contributed by atoms with van der Waals surface area (Å²) in [6.07, 6.45) is 2.32. The maximum absolute atomic E-state index is 12.3. The van der Waals surface area contributed by atoms with Gasteiger partial charge in [-0.15, -0.1) is 0 Å². The summed E-state index contributed by atoms with van der Waals surface area (Å²) in [4.78, 5) is 0. The molecule has 112 valence electrons. The van der Waals surface area contributed by atoms with Gasteiger partial charge in [-0.3, -0.25) is 4.72 Å². The molecule has 2 N–H and O–H groups in total. The molecule has 1 aliphatic carbocycles. The number of fused-ring (bicyclic) bond motifs is 1. The van der Waals surface area contributed by atoms with Crippen molar-refractivity contribution in [1.82, 2.24) is 5.32 Å². The molecule has 21 heavy (non-hydrogen) atoms. The molecule has 0 aromatic heterocycles. The fourth-order valence-corrected chi connectivity index (χ4v) is 3.22.